The van der Waals surface area contributed by atoms with Crippen molar-refractivity contribution in [3.63, 3.8) is 0 Å². The van der Waals surface area contributed by atoms with Crippen molar-refractivity contribution in [2.75, 3.05) is 11.9 Å². The van der Waals surface area contributed by atoms with Gasteiger partial charge in [0.05, 0.1) is 5.56 Å². The summed E-state index contributed by atoms with van der Waals surface area (Å²) in [5.41, 5.74) is 2.20. The lowest BCUT2D eigenvalue weighted by atomic mass is 10.0. The van der Waals surface area contributed by atoms with Gasteiger partial charge in [-0.25, -0.2) is 0 Å². The van der Waals surface area contributed by atoms with Gasteiger partial charge >= 0.3 is 0 Å². The molecule has 2 aliphatic rings. The minimum Gasteiger partial charge on any atom is -0.373 e. The lowest BCUT2D eigenvalue weighted by molar-refractivity contribution is 0.654. The van der Waals surface area contributed by atoms with Crippen LogP contribution in [0.1, 0.15) is 41.7 Å². The normalized spacial score (nSPS) is 19.9. The van der Waals surface area contributed by atoms with Crippen molar-refractivity contribution in [2.24, 2.45) is 0 Å². The van der Waals surface area contributed by atoms with E-state index < -0.39 is 0 Å². The lowest BCUT2D eigenvalue weighted by Crippen LogP contribution is -2.22. The van der Waals surface area contributed by atoms with Gasteiger partial charge in [-0.2, -0.15) is 5.26 Å². The number of nitrogens with one attached hydrogen (secondary N) is 2. The summed E-state index contributed by atoms with van der Waals surface area (Å²) in [5.74, 6) is 0. The molecule has 1 saturated carbocycles. The van der Waals surface area contributed by atoms with Gasteiger partial charge in [0.25, 0.3) is 0 Å². The molecular weight excluding hydrogens is 230 g/mol. The first kappa shape index (κ1) is 11.1. The first-order valence-electron chi connectivity index (χ1n) is 6.40. The Morgan fingerprint density at radius 2 is 2.18 bits per heavy atom. The maximum atomic E-state index is 9.33. The molecule has 0 bridgehead atoms. The predicted molar refractivity (Wildman–Crippen MR) is 70.3 cm³/mol. The molecule has 1 aromatic heterocycles. The number of nitriles is 1. The molecule has 0 amide bonds. The van der Waals surface area contributed by atoms with Crippen molar-refractivity contribution in [1.29, 1.82) is 5.26 Å². The fourth-order valence-electron chi connectivity index (χ4n) is 2.81. The molecule has 0 radical (unpaired) electrons. The Bertz CT molecular complexity index is 452. The Kier molecular flexibility index (Phi) is 3.04. The van der Waals surface area contributed by atoms with Crippen LogP contribution in [0.15, 0.2) is 0 Å². The summed E-state index contributed by atoms with van der Waals surface area (Å²) in [6, 6.07) is 2.99. The molecule has 1 fully saturated rings. The van der Waals surface area contributed by atoms with Gasteiger partial charge in [-0.1, -0.05) is 12.8 Å². The predicted octanol–water partition coefficient (Wildman–Crippen LogP) is 2.62. The summed E-state index contributed by atoms with van der Waals surface area (Å²) in [5, 5.41) is 17.4. The second-order valence-electron chi connectivity index (χ2n) is 4.87. The topological polar surface area (TPSA) is 47.9 Å². The van der Waals surface area contributed by atoms with Crippen molar-refractivity contribution in [3.8, 4) is 6.07 Å². The van der Waals surface area contributed by atoms with Crippen LogP contribution in [0.4, 0.5) is 5.00 Å². The van der Waals surface area contributed by atoms with Gasteiger partial charge in [-0.05, 0) is 31.4 Å². The fraction of sp³-hybridized carbons (Fsp3) is 0.615. The van der Waals surface area contributed by atoms with Crippen LogP contribution >= 0.6 is 11.3 Å². The largest absolute Gasteiger partial charge is 0.373 e. The zero-order chi connectivity index (χ0) is 11.7. The molecule has 2 heterocycles. The Hall–Kier alpha value is -1.05. The molecule has 1 aliphatic heterocycles. The zero-order valence-electron chi connectivity index (χ0n) is 9.88. The van der Waals surface area contributed by atoms with Crippen molar-refractivity contribution in [1.82, 2.24) is 5.32 Å². The number of thiophene rings is 1. The van der Waals surface area contributed by atoms with E-state index in [2.05, 4.69) is 16.7 Å². The van der Waals surface area contributed by atoms with Crippen LogP contribution in [0.25, 0.3) is 0 Å². The van der Waals surface area contributed by atoms with Gasteiger partial charge in [0, 0.05) is 17.5 Å². The molecule has 2 N–H and O–H groups in total. The second kappa shape index (κ2) is 4.67. The summed E-state index contributed by atoms with van der Waals surface area (Å²) < 4.78 is 0. The molecule has 3 nitrogen and oxygen atoms in total. The maximum absolute atomic E-state index is 9.33. The van der Waals surface area contributed by atoms with E-state index in [1.165, 1.54) is 36.1 Å². The van der Waals surface area contributed by atoms with Gasteiger partial charge in [-0.3, -0.25) is 0 Å². The lowest BCUT2D eigenvalue weighted by Gasteiger charge is -2.12. The summed E-state index contributed by atoms with van der Waals surface area (Å²) in [6.07, 6.45) is 6.16. The van der Waals surface area contributed by atoms with Crippen LogP contribution in [0.5, 0.6) is 0 Å². The van der Waals surface area contributed by atoms with Crippen LogP contribution in [-0.4, -0.2) is 12.6 Å². The minimum absolute atomic E-state index is 0.593. The van der Waals surface area contributed by atoms with E-state index in [4.69, 9.17) is 0 Å². The van der Waals surface area contributed by atoms with Crippen molar-refractivity contribution in [2.45, 2.75) is 44.7 Å². The van der Waals surface area contributed by atoms with Crippen LogP contribution in [-0.2, 0) is 13.0 Å². The first-order valence-corrected chi connectivity index (χ1v) is 7.22. The Labute approximate surface area is 106 Å². The van der Waals surface area contributed by atoms with Crippen molar-refractivity contribution in [3.05, 3.63) is 16.0 Å². The maximum Gasteiger partial charge on any atom is 0.107 e. The Balaban J connectivity index is 1.88. The standard InChI is InChI=1S/C13H17N3S/c14-7-11-10-5-6-15-8-12(10)17-13(11)16-9-3-1-2-4-9/h9,15-16H,1-6,8H2. The molecule has 17 heavy (non-hydrogen) atoms. The summed E-state index contributed by atoms with van der Waals surface area (Å²) in [7, 11) is 0. The molecule has 0 unspecified atom stereocenters. The molecule has 0 atom stereocenters. The Morgan fingerprint density at radius 1 is 1.35 bits per heavy atom. The minimum atomic E-state index is 0.593. The summed E-state index contributed by atoms with van der Waals surface area (Å²) in [4.78, 5) is 1.35. The smallest absolute Gasteiger partial charge is 0.107 e. The number of hydrogen-bond acceptors (Lipinski definition) is 4. The number of hydrogen-bond donors (Lipinski definition) is 2. The fourth-order valence-corrected chi connectivity index (χ4v) is 4.05. The third kappa shape index (κ3) is 2.05. The van der Waals surface area contributed by atoms with E-state index in [9.17, 15) is 5.26 Å². The molecular formula is C13H17N3S. The monoisotopic (exact) mass is 247 g/mol. The molecule has 0 saturated heterocycles. The van der Waals surface area contributed by atoms with Gasteiger partial charge in [-0.15, -0.1) is 11.3 Å². The molecule has 4 heteroatoms. The van der Waals surface area contributed by atoms with Crippen LogP contribution in [0.2, 0.25) is 0 Å². The van der Waals surface area contributed by atoms with E-state index in [1.807, 2.05) is 0 Å². The SMILES string of the molecule is N#Cc1c(NC2CCCC2)sc2c1CCNC2. The molecule has 0 aromatic carbocycles. The van der Waals surface area contributed by atoms with E-state index >= 15 is 0 Å². The third-order valence-electron chi connectivity index (χ3n) is 3.73. The van der Waals surface area contributed by atoms with Crippen molar-refractivity contribution >= 4 is 16.3 Å². The first-order chi connectivity index (χ1) is 8.38. The molecule has 1 aromatic rings. The van der Waals surface area contributed by atoms with Crippen molar-refractivity contribution < 1.29 is 0 Å². The molecule has 90 valence electrons. The highest BCUT2D eigenvalue weighted by atomic mass is 32.1. The third-order valence-corrected chi connectivity index (χ3v) is 4.89. The van der Waals surface area contributed by atoms with Gasteiger partial charge < -0.3 is 10.6 Å². The van der Waals surface area contributed by atoms with Gasteiger partial charge in [0.2, 0.25) is 0 Å². The van der Waals surface area contributed by atoms with Crippen LogP contribution in [0, 0.1) is 11.3 Å². The van der Waals surface area contributed by atoms with Gasteiger partial charge in [0.1, 0.15) is 11.1 Å². The number of nitrogens with zero attached hydrogens (tertiary/aromatic N) is 1. The van der Waals surface area contributed by atoms with Crippen LogP contribution < -0.4 is 10.6 Å². The number of fused-ring (bicyclic) bond motifs is 1. The summed E-state index contributed by atoms with van der Waals surface area (Å²) >= 11 is 1.78. The van der Waals surface area contributed by atoms with E-state index in [0.717, 1.165) is 30.1 Å². The number of rotatable bonds is 2. The van der Waals surface area contributed by atoms with Crippen LogP contribution in [0.3, 0.4) is 0 Å². The summed E-state index contributed by atoms with van der Waals surface area (Å²) in [6.45, 7) is 1.93. The average molecular weight is 247 g/mol. The highest BCUT2D eigenvalue weighted by Crippen LogP contribution is 2.36. The zero-order valence-corrected chi connectivity index (χ0v) is 10.7. The van der Waals surface area contributed by atoms with Gasteiger partial charge in [0.15, 0.2) is 0 Å². The highest BCUT2D eigenvalue weighted by Gasteiger charge is 2.23. The molecule has 1 aliphatic carbocycles. The van der Waals surface area contributed by atoms with E-state index in [-0.39, 0.29) is 0 Å². The Morgan fingerprint density at radius 3 is 2.94 bits per heavy atom. The van der Waals surface area contributed by atoms with E-state index in [1.54, 1.807) is 11.3 Å². The second-order valence-corrected chi connectivity index (χ2v) is 5.98. The highest BCUT2D eigenvalue weighted by molar-refractivity contribution is 7.16. The quantitative estimate of drug-likeness (QED) is 0.844. The average Bonchev–Trinajstić information content (AvgIpc) is 2.96. The molecule has 3 rings (SSSR count). The van der Waals surface area contributed by atoms with E-state index in [0.29, 0.717) is 6.04 Å². The molecule has 0 spiro atoms. The number of anilines is 1.